The Bertz CT molecular complexity index is 686. The number of hydrogen-bond donors (Lipinski definition) is 0. The summed E-state index contributed by atoms with van der Waals surface area (Å²) < 4.78 is 5.51. The normalized spacial score (nSPS) is 11.4. The minimum atomic E-state index is 0.143. The van der Waals surface area contributed by atoms with Crippen molar-refractivity contribution in [2.45, 2.75) is 47.0 Å². The maximum atomic E-state index is 5.51. The monoisotopic (exact) mass is 310 g/mol. The van der Waals surface area contributed by atoms with Crippen molar-refractivity contribution < 1.29 is 4.74 Å². The molecule has 2 aromatic rings. The van der Waals surface area contributed by atoms with Gasteiger partial charge in [-0.1, -0.05) is 51.6 Å². The second kappa shape index (κ2) is 6.53. The van der Waals surface area contributed by atoms with E-state index in [2.05, 4.69) is 61.6 Å². The van der Waals surface area contributed by atoms with Gasteiger partial charge in [-0.3, -0.25) is 0 Å². The maximum absolute atomic E-state index is 5.51. The van der Waals surface area contributed by atoms with Crippen molar-refractivity contribution in [2.75, 3.05) is 6.61 Å². The van der Waals surface area contributed by atoms with Crippen molar-refractivity contribution in [1.29, 1.82) is 0 Å². The molecule has 0 atom stereocenters. The van der Waals surface area contributed by atoms with Gasteiger partial charge < -0.3 is 4.74 Å². The molecule has 1 aromatic carbocycles. The van der Waals surface area contributed by atoms with E-state index in [-0.39, 0.29) is 5.41 Å². The van der Waals surface area contributed by atoms with E-state index in [4.69, 9.17) is 4.74 Å². The summed E-state index contributed by atoms with van der Waals surface area (Å²) >= 11 is 0. The van der Waals surface area contributed by atoms with Crippen molar-refractivity contribution >= 4 is 5.76 Å². The molecule has 0 saturated carbocycles. The number of aromatic nitrogens is 2. The van der Waals surface area contributed by atoms with Crippen molar-refractivity contribution in [3.8, 4) is 11.4 Å². The Balaban J connectivity index is 2.40. The molecule has 0 saturated heterocycles. The summed E-state index contributed by atoms with van der Waals surface area (Å²) in [6.45, 7) is 17.1. The van der Waals surface area contributed by atoms with Crippen molar-refractivity contribution in [1.82, 2.24) is 9.97 Å². The first-order valence-corrected chi connectivity index (χ1v) is 8.02. The largest absolute Gasteiger partial charge is 0.494 e. The lowest BCUT2D eigenvalue weighted by molar-refractivity contribution is 0.298. The molecule has 122 valence electrons. The predicted molar refractivity (Wildman–Crippen MR) is 96.3 cm³/mol. The fraction of sp³-hybridized carbons (Fsp3) is 0.400. The maximum Gasteiger partial charge on any atom is 0.159 e. The first-order chi connectivity index (χ1) is 10.7. The zero-order valence-electron chi connectivity index (χ0n) is 15.0. The van der Waals surface area contributed by atoms with E-state index >= 15 is 0 Å². The van der Waals surface area contributed by atoms with E-state index in [1.807, 2.05) is 20.8 Å². The second-order valence-corrected chi connectivity index (χ2v) is 6.78. The predicted octanol–water partition coefficient (Wildman–Crippen LogP) is 5.07. The van der Waals surface area contributed by atoms with Gasteiger partial charge in [-0.05, 0) is 31.7 Å². The Morgan fingerprint density at radius 3 is 2.00 bits per heavy atom. The molecule has 0 aliphatic heterocycles. The highest BCUT2D eigenvalue weighted by atomic mass is 16.5. The van der Waals surface area contributed by atoms with Gasteiger partial charge in [0.25, 0.3) is 0 Å². The zero-order valence-corrected chi connectivity index (χ0v) is 15.0. The number of benzene rings is 1. The Morgan fingerprint density at radius 1 is 1.04 bits per heavy atom. The highest BCUT2D eigenvalue weighted by Crippen LogP contribution is 2.27. The average Bonchev–Trinajstić information content (AvgIpc) is 2.46. The van der Waals surface area contributed by atoms with Crippen LogP contribution >= 0.6 is 0 Å². The Hall–Kier alpha value is -2.16. The summed E-state index contributed by atoms with van der Waals surface area (Å²) in [5.74, 6) is 1.38. The van der Waals surface area contributed by atoms with Gasteiger partial charge in [0.05, 0.1) is 23.6 Å². The summed E-state index contributed by atoms with van der Waals surface area (Å²) in [5, 5.41) is 0. The molecule has 0 unspecified atom stereocenters. The van der Waals surface area contributed by atoms with Crippen LogP contribution in [0, 0.1) is 13.8 Å². The number of ether oxygens (including phenoxy) is 1. The fourth-order valence-electron chi connectivity index (χ4n) is 2.61. The minimum Gasteiger partial charge on any atom is -0.494 e. The Morgan fingerprint density at radius 2 is 1.57 bits per heavy atom. The first-order valence-electron chi connectivity index (χ1n) is 8.02. The average molecular weight is 310 g/mol. The van der Waals surface area contributed by atoms with E-state index in [1.54, 1.807) is 0 Å². The Kier molecular flexibility index (Phi) is 4.88. The van der Waals surface area contributed by atoms with Crippen molar-refractivity contribution in [2.24, 2.45) is 0 Å². The lowest BCUT2D eigenvalue weighted by atomic mass is 9.86. The van der Waals surface area contributed by atoms with Crippen LogP contribution in [0.4, 0.5) is 0 Å². The molecule has 0 radical (unpaired) electrons. The molecule has 2 rings (SSSR count). The van der Waals surface area contributed by atoms with Crippen LogP contribution in [0.25, 0.3) is 17.1 Å². The summed E-state index contributed by atoms with van der Waals surface area (Å²) in [4.78, 5) is 9.29. The van der Waals surface area contributed by atoms with E-state index in [9.17, 15) is 0 Å². The zero-order chi connectivity index (χ0) is 17.2. The van der Waals surface area contributed by atoms with Crippen LogP contribution in [-0.4, -0.2) is 16.6 Å². The third-order valence-corrected chi connectivity index (χ3v) is 3.88. The van der Waals surface area contributed by atoms with Gasteiger partial charge in [0.2, 0.25) is 0 Å². The lowest BCUT2D eigenvalue weighted by Gasteiger charge is -2.19. The van der Waals surface area contributed by atoms with Gasteiger partial charge in [-0.2, -0.15) is 0 Å². The standard InChI is InChI=1S/C20H26N2O/c1-8-23-15(4)18-13(2)21-19(22-14(18)3)16-9-11-17(12-10-16)20(5,6)7/h9-12H,4,8H2,1-3,5-7H3. The minimum absolute atomic E-state index is 0.143. The third-order valence-electron chi connectivity index (χ3n) is 3.88. The number of aryl methyl sites for hydroxylation is 2. The Labute approximate surface area is 139 Å². The van der Waals surface area contributed by atoms with E-state index in [0.717, 1.165) is 28.3 Å². The summed E-state index contributed by atoms with van der Waals surface area (Å²) in [7, 11) is 0. The number of nitrogens with zero attached hydrogens (tertiary/aromatic N) is 2. The molecule has 1 heterocycles. The molecular formula is C20H26N2O. The highest BCUT2D eigenvalue weighted by Gasteiger charge is 2.16. The second-order valence-electron chi connectivity index (χ2n) is 6.78. The van der Waals surface area contributed by atoms with Gasteiger partial charge in [0.1, 0.15) is 5.76 Å². The molecule has 0 fully saturated rings. The van der Waals surface area contributed by atoms with Gasteiger partial charge in [-0.25, -0.2) is 9.97 Å². The summed E-state index contributed by atoms with van der Waals surface area (Å²) in [6, 6.07) is 8.48. The van der Waals surface area contributed by atoms with Crippen LogP contribution in [0.15, 0.2) is 30.8 Å². The van der Waals surface area contributed by atoms with Crippen molar-refractivity contribution in [3.05, 3.63) is 53.4 Å². The molecule has 0 amide bonds. The van der Waals surface area contributed by atoms with Gasteiger partial charge in [0.15, 0.2) is 5.82 Å². The van der Waals surface area contributed by atoms with Crippen LogP contribution in [0.1, 0.15) is 50.2 Å². The highest BCUT2D eigenvalue weighted by molar-refractivity contribution is 5.64. The van der Waals surface area contributed by atoms with Crippen LogP contribution in [0.3, 0.4) is 0 Å². The van der Waals surface area contributed by atoms with Crippen LogP contribution in [0.5, 0.6) is 0 Å². The smallest absolute Gasteiger partial charge is 0.159 e. The molecule has 3 heteroatoms. The number of hydrogen-bond acceptors (Lipinski definition) is 3. The van der Waals surface area contributed by atoms with Gasteiger partial charge >= 0.3 is 0 Å². The molecule has 1 aromatic heterocycles. The first kappa shape index (κ1) is 17.2. The van der Waals surface area contributed by atoms with Crippen molar-refractivity contribution in [3.63, 3.8) is 0 Å². The van der Waals surface area contributed by atoms with Gasteiger partial charge in [-0.15, -0.1) is 0 Å². The summed E-state index contributed by atoms with van der Waals surface area (Å²) in [6.07, 6.45) is 0. The van der Waals surface area contributed by atoms with E-state index in [0.29, 0.717) is 12.4 Å². The molecule has 0 aliphatic carbocycles. The SMILES string of the molecule is C=C(OCC)c1c(C)nc(-c2ccc(C(C)(C)C)cc2)nc1C. The number of rotatable bonds is 4. The van der Waals surface area contributed by atoms with Crippen LogP contribution in [-0.2, 0) is 10.2 Å². The molecule has 0 N–H and O–H groups in total. The van der Waals surface area contributed by atoms with Crippen LogP contribution < -0.4 is 0 Å². The quantitative estimate of drug-likeness (QED) is 0.740. The topological polar surface area (TPSA) is 35.0 Å². The van der Waals surface area contributed by atoms with E-state index in [1.165, 1.54) is 5.56 Å². The van der Waals surface area contributed by atoms with Gasteiger partial charge in [0, 0.05) is 5.56 Å². The molecule has 23 heavy (non-hydrogen) atoms. The van der Waals surface area contributed by atoms with Crippen LogP contribution in [0.2, 0.25) is 0 Å². The third kappa shape index (κ3) is 3.79. The fourth-order valence-corrected chi connectivity index (χ4v) is 2.61. The summed E-state index contributed by atoms with van der Waals surface area (Å²) in [5.41, 5.74) is 5.16. The molecular weight excluding hydrogens is 284 g/mol. The molecule has 0 spiro atoms. The molecule has 0 bridgehead atoms. The molecule has 0 aliphatic rings. The lowest BCUT2D eigenvalue weighted by Crippen LogP contribution is -2.10. The van der Waals surface area contributed by atoms with E-state index < -0.39 is 0 Å². The molecule has 3 nitrogen and oxygen atoms in total.